The number of amides is 2. The quantitative estimate of drug-likeness (QED) is 0.267. The maximum absolute atomic E-state index is 13.9. The van der Waals surface area contributed by atoms with Gasteiger partial charge in [0, 0.05) is 29.8 Å². The summed E-state index contributed by atoms with van der Waals surface area (Å²) in [5.41, 5.74) is 5.41. The Balaban J connectivity index is 1.34. The zero-order valence-electron chi connectivity index (χ0n) is 24.3. The molecule has 0 saturated heterocycles. The number of benzene rings is 3. The SMILES string of the molecule is C[C@@H](O)CNC(C)(C)CC(=O)N[C@@H]1CCc2ccccc2N(Cc2ccc(-c3ccccc3-n3ccnn3)cc2)C1=O. The van der Waals surface area contributed by atoms with Crippen LogP contribution in [0.25, 0.3) is 16.8 Å². The Kier molecular flexibility index (Phi) is 8.80. The Labute approximate surface area is 246 Å². The molecule has 9 nitrogen and oxygen atoms in total. The van der Waals surface area contributed by atoms with Gasteiger partial charge in [0.2, 0.25) is 11.8 Å². The summed E-state index contributed by atoms with van der Waals surface area (Å²) < 4.78 is 1.74. The Morgan fingerprint density at radius 3 is 2.48 bits per heavy atom. The van der Waals surface area contributed by atoms with Gasteiger partial charge < -0.3 is 20.6 Å². The number of β-amino-alcohol motifs (C(OH)–C–C–N with tert-alkyl or cyclic N) is 1. The molecular weight excluding hydrogens is 528 g/mol. The molecule has 3 N–H and O–H groups in total. The first-order chi connectivity index (χ1) is 20.2. The molecule has 218 valence electrons. The highest BCUT2D eigenvalue weighted by molar-refractivity contribution is 6.00. The first kappa shape index (κ1) is 29.2. The molecule has 0 unspecified atom stereocenters. The fourth-order valence-electron chi connectivity index (χ4n) is 5.37. The summed E-state index contributed by atoms with van der Waals surface area (Å²) in [4.78, 5) is 28.8. The molecule has 42 heavy (non-hydrogen) atoms. The Morgan fingerprint density at radius 2 is 1.76 bits per heavy atom. The highest BCUT2D eigenvalue weighted by atomic mass is 16.3. The highest BCUT2D eigenvalue weighted by Gasteiger charge is 2.32. The fourth-order valence-corrected chi connectivity index (χ4v) is 5.37. The van der Waals surface area contributed by atoms with Crippen molar-refractivity contribution in [1.82, 2.24) is 25.6 Å². The van der Waals surface area contributed by atoms with E-state index in [4.69, 9.17) is 0 Å². The van der Waals surface area contributed by atoms with E-state index in [1.54, 1.807) is 22.7 Å². The van der Waals surface area contributed by atoms with Crippen LogP contribution in [0.2, 0.25) is 0 Å². The van der Waals surface area contributed by atoms with Gasteiger partial charge in [-0.2, -0.15) is 0 Å². The zero-order valence-corrected chi connectivity index (χ0v) is 24.3. The number of anilines is 1. The Hall–Kier alpha value is -4.34. The van der Waals surface area contributed by atoms with Crippen LogP contribution in [0.4, 0.5) is 5.69 Å². The summed E-state index contributed by atoms with van der Waals surface area (Å²) >= 11 is 0. The third-order valence-corrected chi connectivity index (χ3v) is 7.54. The van der Waals surface area contributed by atoms with Crippen LogP contribution in [0, 0.1) is 0 Å². The zero-order chi connectivity index (χ0) is 29.7. The second-order valence-corrected chi connectivity index (χ2v) is 11.6. The van der Waals surface area contributed by atoms with Gasteiger partial charge in [-0.05, 0) is 62.4 Å². The number of aliphatic hydroxyl groups excluding tert-OH is 1. The second kappa shape index (κ2) is 12.7. The first-order valence-electron chi connectivity index (χ1n) is 14.4. The minimum atomic E-state index is -0.633. The van der Waals surface area contributed by atoms with Gasteiger partial charge in [0.15, 0.2) is 0 Å². The molecule has 9 heteroatoms. The van der Waals surface area contributed by atoms with Crippen molar-refractivity contribution in [3.05, 3.63) is 96.3 Å². The molecule has 0 aliphatic carbocycles. The summed E-state index contributed by atoms with van der Waals surface area (Å²) in [7, 11) is 0. The van der Waals surface area contributed by atoms with Crippen molar-refractivity contribution in [2.45, 2.75) is 64.3 Å². The molecule has 5 rings (SSSR count). The van der Waals surface area contributed by atoms with Crippen LogP contribution in [-0.2, 0) is 22.6 Å². The lowest BCUT2D eigenvalue weighted by Gasteiger charge is -2.29. The lowest BCUT2D eigenvalue weighted by molar-refractivity contribution is -0.128. The maximum atomic E-state index is 13.9. The van der Waals surface area contributed by atoms with E-state index in [9.17, 15) is 14.7 Å². The standard InChI is InChI=1S/C33H38N6O3/c1-23(40)21-34-33(2,3)20-31(41)36-28-17-16-26-8-4-6-10-29(26)38(32(28)42)22-24-12-14-25(15-13-24)27-9-5-7-11-30(27)39-19-18-35-37-39/h4-15,18-19,23,28,34,40H,16-17,20-22H2,1-3H3,(H,36,41)/t23-,28-/m1/s1. The predicted molar refractivity (Wildman–Crippen MR) is 163 cm³/mol. The van der Waals surface area contributed by atoms with Gasteiger partial charge in [0.05, 0.1) is 30.7 Å². The van der Waals surface area contributed by atoms with Crippen LogP contribution < -0.4 is 15.5 Å². The van der Waals surface area contributed by atoms with Crippen molar-refractivity contribution < 1.29 is 14.7 Å². The van der Waals surface area contributed by atoms with E-state index >= 15 is 0 Å². The molecule has 0 radical (unpaired) electrons. The molecule has 2 heterocycles. The molecule has 4 aromatic rings. The number of carbonyl (C=O) groups is 2. The van der Waals surface area contributed by atoms with Crippen LogP contribution in [-0.4, -0.2) is 56.1 Å². The van der Waals surface area contributed by atoms with Crippen molar-refractivity contribution in [2.24, 2.45) is 0 Å². The number of nitrogens with one attached hydrogen (secondary N) is 2. The van der Waals surface area contributed by atoms with Crippen molar-refractivity contribution in [1.29, 1.82) is 0 Å². The fraction of sp³-hybridized carbons (Fsp3) is 0.333. The minimum Gasteiger partial charge on any atom is -0.392 e. The van der Waals surface area contributed by atoms with Crippen molar-refractivity contribution in [3.63, 3.8) is 0 Å². The molecule has 3 aromatic carbocycles. The van der Waals surface area contributed by atoms with Gasteiger partial charge in [-0.3, -0.25) is 9.59 Å². The smallest absolute Gasteiger partial charge is 0.249 e. The van der Waals surface area contributed by atoms with Gasteiger partial charge in [0.25, 0.3) is 0 Å². The average molecular weight is 567 g/mol. The third kappa shape index (κ3) is 6.92. The Bertz CT molecular complexity index is 1520. The summed E-state index contributed by atoms with van der Waals surface area (Å²) in [6, 6.07) is 23.5. The van der Waals surface area contributed by atoms with Crippen molar-refractivity contribution in [2.75, 3.05) is 11.4 Å². The van der Waals surface area contributed by atoms with Gasteiger partial charge in [-0.25, -0.2) is 4.68 Å². The minimum absolute atomic E-state index is 0.122. The number of rotatable bonds is 10. The Morgan fingerprint density at radius 1 is 1.05 bits per heavy atom. The molecule has 1 aromatic heterocycles. The van der Waals surface area contributed by atoms with E-state index in [2.05, 4.69) is 39.1 Å². The van der Waals surface area contributed by atoms with Crippen LogP contribution in [0.15, 0.2) is 85.2 Å². The number of hydrogen-bond donors (Lipinski definition) is 3. The summed E-state index contributed by atoms with van der Waals surface area (Å²) in [6.45, 7) is 6.30. The molecule has 0 bridgehead atoms. The van der Waals surface area contributed by atoms with Crippen LogP contribution >= 0.6 is 0 Å². The number of para-hydroxylation sites is 2. The van der Waals surface area contributed by atoms with Crippen LogP contribution in [0.5, 0.6) is 0 Å². The van der Waals surface area contributed by atoms with Gasteiger partial charge >= 0.3 is 0 Å². The average Bonchev–Trinajstić information content (AvgIpc) is 3.48. The summed E-state index contributed by atoms with van der Waals surface area (Å²) in [5.74, 6) is -0.318. The number of nitrogens with zero attached hydrogens (tertiary/aromatic N) is 4. The van der Waals surface area contributed by atoms with Crippen LogP contribution in [0.1, 0.15) is 44.7 Å². The largest absolute Gasteiger partial charge is 0.392 e. The number of aromatic nitrogens is 3. The third-order valence-electron chi connectivity index (χ3n) is 7.54. The molecule has 0 saturated carbocycles. The molecule has 1 aliphatic rings. The number of hydrogen-bond acceptors (Lipinski definition) is 6. The lowest BCUT2D eigenvalue weighted by Crippen LogP contribution is -2.51. The molecule has 2 atom stereocenters. The second-order valence-electron chi connectivity index (χ2n) is 11.6. The van der Waals surface area contributed by atoms with Crippen molar-refractivity contribution in [3.8, 4) is 16.8 Å². The lowest BCUT2D eigenvalue weighted by atomic mass is 9.99. The van der Waals surface area contributed by atoms with E-state index in [0.717, 1.165) is 33.6 Å². The number of aryl methyl sites for hydroxylation is 1. The van der Waals surface area contributed by atoms with E-state index in [1.165, 1.54) is 0 Å². The molecule has 0 fully saturated rings. The monoisotopic (exact) mass is 566 g/mol. The summed E-state index contributed by atoms with van der Waals surface area (Å²) in [5, 5.41) is 23.9. The predicted octanol–water partition coefficient (Wildman–Crippen LogP) is 4.04. The van der Waals surface area contributed by atoms with Gasteiger partial charge in [-0.1, -0.05) is 65.9 Å². The molecular formula is C33H38N6O3. The molecule has 2 amide bonds. The van der Waals surface area contributed by atoms with Gasteiger partial charge in [-0.15, -0.1) is 5.10 Å². The highest BCUT2D eigenvalue weighted by Crippen LogP contribution is 2.30. The number of aliphatic hydroxyl groups is 1. The maximum Gasteiger partial charge on any atom is 0.249 e. The number of fused-ring (bicyclic) bond motifs is 1. The van der Waals surface area contributed by atoms with E-state index in [-0.39, 0.29) is 18.2 Å². The first-order valence-corrected chi connectivity index (χ1v) is 14.4. The topological polar surface area (TPSA) is 112 Å². The van der Waals surface area contributed by atoms with Gasteiger partial charge in [0.1, 0.15) is 6.04 Å². The molecule has 1 aliphatic heterocycles. The molecule has 0 spiro atoms. The van der Waals surface area contributed by atoms with E-state index in [0.29, 0.717) is 25.9 Å². The van der Waals surface area contributed by atoms with Crippen molar-refractivity contribution >= 4 is 17.5 Å². The normalized spacial score (nSPS) is 16.0. The number of carbonyl (C=O) groups excluding carboxylic acids is 2. The van der Waals surface area contributed by atoms with Crippen LogP contribution in [0.3, 0.4) is 0 Å². The summed E-state index contributed by atoms with van der Waals surface area (Å²) in [6.07, 6.45) is 4.36. The van der Waals surface area contributed by atoms with E-state index in [1.807, 2.05) is 74.6 Å². The van der Waals surface area contributed by atoms with E-state index < -0.39 is 17.7 Å².